The van der Waals surface area contributed by atoms with Crippen LogP contribution in [0.1, 0.15) is 51.4 Å². The number of aliphatic hydroxyl groups is 1. The highest BCUT2D eigenvalue weighted by atomic mass is 16.6. The van der Waals surface area contributed by atoms with Gasteiger partial charge in [0.1, 0.15) is 11.5 Å². The van der Waals surface area contributed by atoms with Gasteiger partial charge < -0.3 is 19.7 Å². The number of amides is 1. The van der Waals surface area contributed by atoms with Crippen LogP contribution in [0.15, 0.2) is 54.4 Å². The quantitative estimate of drug-likeness (QED) is 0.123. The molecule has 37 heavy (non-hydrogen) atoms. The Morgan fingerprint density at radius 1 is 1.24 bits per heavy atom. The number of nitro groups is 1. The van der Waals surface area contributed by atoms with Gasteiger partial charge in [-0.1, -0.05) is 18.2 Å². The number of nitro benzene ring substituents is 1. The Balaban J connectivity index is 1.92. The first-order valence-corrected chi connectivity index (χ1v) is 11.4. The number of benzene rings is 1. The molecule has 1 saturated heterocycles. The molecule has 1 unspecified atom stereocenters. The molecule has 11 heteroatoms. The molecule has 0 bridgehead atoms. The van der Waals surface area contributed by atoms with Crippen molar-refractivity contribution < 1.29 is 29.2 Å². The number of pyridine rings is 1. The number of likely N-dealkylation sites (tertiary alicyclic amines) is 1. The summed E-state index contributed by atoms with van der Waals surface area (Å²) < 4.78 is 5.06. The van der Waals surface area contributed by atoms with E-state index in [0.717, 1.165) is 0 Å². The Kier molecular flexibility index (Phi) is 6.87. The Morgan fingerprint density at radius 3 is 2.65 bits per heavy atom. The van der Waals surface area contributed by atoms with Gasteiger partial charge in [0.2, 0.25) is 0 Å². The first kappa shape index (κ1) is 25.3. The lowest BCUT2D eigenvalue weighted by Crippen LogP contribution is -2.29. The average Bonchev–Trinajstić information content (AvgIpc) is 3.32. The first-order chi connectivity index (χ1) is 17.6. The predicted octanol–water partition coefficient (Wildman–Crippen LogP) is 3.73. The van der Waals surface area contributed by atoms with Gasteiger partial charge in [-0.05, 0) is 43.5 Å². The van der Waals surface area contributed by atoms with Gasteiger partial charge in [0.05, 0.1) is 23.1 Å². The average molecular weight is 504 g/mol. The van der Waals surface area contributed by atoms with E-state index in [1.807, 2.05) is 0 Å². The first-order valence-electron chi connectivity index (χ1n) is 11.4. The van der Waals surface area contributed by atoms with E-state index in [4.69, 9.17) is 4.74 Å². The van der Waals surface area contributed by atoms with Crippen molar-refractivity contribution in [3.8, 4) is 0 Å². The van der Waals surface area contributed by atoms with Gasteiger partial charge in [-0.2, -0.15) is 0 Å². The topological polar surface area (TPSA) is 156 Å². The van der Waals surface area contributed by atoms with Crippen molar-refractivity contribution >= 4 is 29.1 Å². The van der Waals surface area contributed by atoms with E-state index in [9.17, 15) is 29.6 Å². The monoisotopic (exact) mass is 504 g/mol. The largest absolute Gasteiger partial charge is 0.507 e. The smallest absolute Gasteiger partial charge is 0.355 e. The van der Waals surface area contributed by atoms with E-state index in [1.165, 1.54) is 29.3 Å². The SMILES string of the molecule is CCOC(=O)c1[nH]c(C)c(C(O)=C2C(=O)C(=O)N(Cc3cccnc3)C2c2cccc([N+](=O)[O-])c2)c1C. The van der Waals surface area contributed by atoms with E-state index in [-0.39, 0.29) is 41.2 Å². The van der Waals surface area contributed by atoms with Crippen LogP contribution < -0.4 is 0 Å². The van der Waals surface area contributed by atoms with Gasteiger partial charge in [0.15, 0.2) is 0 Å². The fraction of sp³-hybridized carbons (Fsp3) is 0.231. The van der Waals surface area contributed by atoms with Crippen LogP contribution in [-0.2, 0) is 20.9 Å². The summed E-state index contributed by atoms with van der Waals surface area (Å²) in [7, 11) is 0. The van der Waals surface area contributed by atoms with Crippen LogP contribution in [0.2, 0.25) is 0 Å². The minimum absolute atomic E-state index is 0.0261. The lowest BCUT2D eigenvalue weighted by molar-refractivity contribution is -0.384. The Hall–Kier alpha value is -4.80. The molecule has 1 aromatic carbocycles. The lowest BCUT2D eigenvalue weighted by atomic mass is 9.93. The highest BCUT2D eigenvalue weighted by Gasteiger charge is 2.47. The fourth-order valence-corrected chi connectivity index (χ4v) is 4.53. The standard InChI is InChI=1S/C26H24N4O7/c1-4-37-26(34)21-14(2)19(15(3)28-21)23(31)20-22(17-8-5-9-18(11-17)30(35)36)29(25(33)24(20)32)13-16-7-6-10-27-12-16/h5-12,22,28,31H,4,13H2,1-3H3. The maximum absolute atomic E-state index is 13.3. The summed E-state index contributed by atoms with van der Waals surface area (Å²) >= 11 is 0. The molecule has 1 atom stereocenters. The van der Waals surface area contributed by atoms with Crippen LogP contribution in [0.4, 0.5) is 5.69 Å². The molecule has 0 radical (unpaired) electrons. The number of rotatable bonds is 7. The molecule has 0 spiro atoms. The van der Waals surface area contributed by atoms with Crippen molar-refractivity contribution in [1.29, 1.82) is 0 Å². The van der Waals surface area contributed by atoms with E-state index in [0.29, 0.717) is 16.8 Å². The number of Topliss-reactive ketones (excluding diaryl/α,β-unsaturated/α-hetero) is 1. The number of esters is 1. The Morgan fingerprint density at radius 2 is 2.00 bits per heavy atom. The predicted molar refractivity (Wildman–Crippen MR) is 131 cm³/mol. The number of aryl methyl sites for hydroxylation is 1. The molecule has 3 aromatic rings. The summed E-state index contributed by atoms with van der Waals surface area (Å²) in [6.07, 6.45) is 3.10. The van der Waals surface area contributed by atoms with Crippen molar-refractivity contribution in [2.24, 2.45) is 0 Å². The third-order valence-electron chi connectivity index (χ3n) is 6.17. The maximum atomic E-state index is 13.3. The van der Waals surface area contributed by atoms with Crippen LogP contribution in [0.3, 0.4) is 0 Å². The van der Waals surface area contributed by atoms with Crippen LogP contribution >= 0.6 is 0 Å². The molecule has 1 aliphatic rings. The van der Waals surface area contributed by atoms with Crippen LogP contribution in [0.25, 0.3) is 5.76 Å². The number of nitrogens with zero attached hydrogens (tertiary/aromatic N) is 3. The third kappa shape index (κ3) is 4.58. The molecular weight excluding hydrogens is 480 g/mol. The minimum Gasteiger partial charge on any atom is -0.507 e. The highest BCUT2D eigenvalue weighted by Crippen LogP contribution is 2.42. The Bertz CT molecular complexity index is 1440. The number of H-pyrrole nitrogens is 1. The van der Waals surface area contributed by atoms with Crippen molar-refractivity contribution in [3.05, 3.63) is 98.1 Å². The van der Waals surface area contributed by atoms with Crippen molar-refractivity contribution in [2.45, 2.75) is 33.4 Å². The molecular formula is C26H24N4O7. The number of non-ortho nitro benzene ring substituents is 1. The molecule has 2 N–H and O–H groups in total. The zero-order chi connectivity index (χ0) is 26.9. The number of aromatic amines is 1. The summed E-state index contributed by atoms with van der Waals surface area (Å²) in [4.78, 5) is 58.0. The van der Waals surface area contributed by atoms with Crippen LogP contribution in [0.5, 0.6) is 0 Å². The number of aliphatic hydroxyl groups excluding tert-OH is 1. The molecule has 190 valence electrons. The Labute approximate surface area is 211 Å². The van der Waals surface area contributed by atoms with Gasteiger partial charge in [-0.15, -0.1) is 0 Å². The van der Waals surface area contributed by atoms with Gasteiger partial charge in [-0.25, -0.2) is 4.79 Å². The van der Waals surface area contributed by atoms with E-state index >= 15 is 0 Å². The minimum atomic E-state index is -1.13. The number of hydrogen-bond acceptors (Lipinski definition) is 8. The van der Waals surface area contributed by atoms with Gasteiger partial charge in [-0.3, -0.25) is 24.7 Å². The van der Waals surface area contributed by atoms with Crippen LogP contribution in [-0.4, -0.2) is 49.2 Å². The second-order valence-corrected chi connectivity index (χ2v) is 8.49. The third-order valence-corrected chi connectivity index (χ3v) is 6.17. The lowest BCUT2D eigenvalue weighted by Gasteiger charge is -2.25. The molecule has 11 nitrogen and oxygen atoms in total. The molecule has 1 aliphatic heterocycles. The van der Waals surface area contributed by atoms with Crippen molar-refractivity contribution in [2.75, 3.05) is 6.61 Å². The summed E-state index contributed by atoms with van der Waals surface area (Å²) in [5.74, 6) is -2.95. The molecule has 2 aromatic heterocycles. The highest BCUT2D eigenvalue weighted by molar-refractivity contribution is 6.46. The fourth-order valence-electron chi connectivity index (χ4n) is 4.53. The number of aromatic nitrogens is 2. The second-order valence-electron chi connectivity index (χ2n) is 8.49. The van der Waals surface area contributed by atoms with E-state index in [2.05, 4.69) is 9.97 Å². The number of ether oxygens (including phenoxy) is 1. The summed E-state index contributed by atoms with van der Waals surface area (Å²) in [5.41, 5.74) is 1.43. The molecule has 3 heterocycles. The van der Waals surface area contributed by atoms with Gasteiger partial charge in [0.25, 0.3) is 17.4 Å². The summed E-state index contributed by atoms with van der Waals surface area (Å²) in [5, 5.41) is 22.9. The number of carbonyl (C=O) groups excluding carboxylic acids is 3. The molecule has 0 saturated carbocycles. The van der Waals surface area contributed by atoms with Crippen molar-refractivity contribution in [3.63, 3.8) is 0 Å². The summed E-state index contributed by atoms with van der Waals surface area (Å²) in [6.45, 7) is 4.97. The van der Waals surface area contributed by atoms with E-state index < -0.39 is 34.4 Å². The molecule has 1 amide bonds. The molecule has 0 aliphatic carbocycles. The maximum Gasteiger partial charge on any atom is 0.355 e. The number of ketones is 1. The molecule has 1 fully saturated rings. The number of hydrogen-bond donors (Lipinski definition) is 2. The van der Waals surface area contributed by atoms with E-state index in [1.54, 1.807) is 45.2 Å². The van der Waals surface area contributed by atoms with Crippen LogP contribution in [0, 0.1) is 24.0 Å². The molecule has 4 rings (SSSR count). The number of nitrogens with one attached hydrogen (secondary N) is 1. The zero-order valence-electron chi connectivity index (χ0n) is 20.3. The van der Waals surface area contributed by atoms with Gasteiger partial charge >= 0.3 is 5.97 Å². The zero-order valence-corrected chi connectivity index (χ0v) is 20.3. The second kappa shape index (κ2) is 10.1. The normalized spacial score (nSPS) is 16.7. The number of carbonyl (C=O) groups is 3. The van der Waals surface area contributed by atoms with Crippen molar-refractivity contribution in [1.82, 2.24) is 14.9 Å². The summed E-state index contributed by atoms with van der Waals surface area (Å²) in [6, 6.07) is 7.83. The van der Waals surface area contributed by atoms with Gasteiger partial charge in [0, 0.05) is 42.3 Å².